The Kier molecular flexibility index (Phi) is 5.13. The van der Waals surface area contributed by atoms with Crippen LogP contribution in [-0.4, -0.2) is 25.6 Å². The van der Waals surface area contributed by atoms with Gasteiger partial charge in [-0.25, -0.2) is 9.50 Å². The van der Waals surface area contributed by atoms with E-state index >= 15 is 0 Å². The largest absolute Gasteiger partial charge is 0.453 e. The van der Waals surface area contributed by atoms with Crippen molar-refractivity contribution < 1.29 is 22.7 Å². The topological polar surface area (TPSA) is 69.4 Å². The number of fused-ring (bicyclic) bond motifs is 1. The van der Waals surface area contributed by atoms with E-state index in [0.29, 0.717) is 26.4 Å². The van der Waals surface area contributed by atoms with E-state index in [9.17, 15) is 18.0 Å². The summed E-state index contributed by atoms with van der Waals surface area (Å²) in [4.78, 5) is 19.7. The first kappa shape index (κ1) is 19.6. The first-order valence-corrected chi connectivity index (χ1v) is 8.69. The summed E-state index contributed by atoms with van der Waals surface area (Å²) in [6, 6.07) is 4.66. The Bertz CT molecular complexity index is 1050. The van der Waals surface area contributed by atoms with Gasteiger partial charge in [0.1, 0.15) is 5.75 Å². The number of carbonyl (C=O) groups excluding carboxylic acids is 1. The number of nitrogens with zero attached hydrogens (tertiary/aromatic N) is 4. The maximum absolute atomic E-state index is 12.8. The maximum Gasteiger partial charge on any atom is 0.453 e. The quantitative estimate of drug-likeness (QED) is 0.427. The minimum atomic E-state index is -4.69. The van der Waals surface area contributed by atoms with E-state index in [2.05, 4.69) is 31.0 Å². The zero-order chi connectivity index (χ0) is 19.9. The molecule has 0 saturated heterocycles. The standard InChI is InChI=1S/C16H11BrClF3N4O2/c1-7-10(6-13(26)27-12-4-3-9(18)5-11(12)17)8(2)25-15(22-7)23-14(24-25)16(19,20)21/h3-5H,6H2,1-2H3. The van der Waals surface area contributed by atoms with Gasteiger partial charge in [-0.1, -0.05) is 11.6 Å². The van der Waals surface area contributed by atoms with Gasteiger partial charge in [0.25, 0.3) is 11.6 Å². The van der Waals surface area contributed by atoms with E-state index in [-0.39, 0.29) is 17.9 Å². The molecule has 0 radical (unpaired) electrons. The molecule has 0 aliphatic carbocycles. The number of aryl methyl sites for hydroxylation is 2. The molecule has 6 nitrogen and oxygen atoms in total. The third-order valence-electron chi connectivity index (χ3n) is 3.74. The van der Waals surface area contributed by atoms with E-state index in [1.165, 1.54) is 13.0 Å². The number of halogens is 5. The first-order chi connectivity index (χ1) is 12.6. The average Bonchev–Trinajstić information content (AvgIpc) is 2.98. The van der Waals surface area contributed by atoms with Crippen molar-refractivity contribution in [1.82, 2.24) is 19.6 Å². The molecule has 0 N–H and O–H groups in total. The van der Waals surface area contributed by atoms with Gasteiger partial charge < -0.3 is 4.74 Å². The summed E-state index contributed by atoms with van der Waals surface area (Å²) in [6.45, 7) is 3.12. The summed E-state index contributed by atoms with van der Waals surface area (Å²) in [5, 5.41) is 3.91. The van der Waals surface area contributed by atoms with Crippen molar-refractivity contribution in [3.8, 4) is 5.75 Å². The number of hydrogen-bond acceptors (Lipinski definition) is 5. The number of rotatable bonds is 3. The molecule has 0 fully saturated rings. The van der Waals surface area contributed by atoms with E-state index < -0.39 is 18.0 Å². The average molecular weight is 464 g/mol. The summed E-state index contributed by atoms with van der Waals surface area (Å²) in [5.74, 6) is -1.81. The minimum absolute atomic E-state index is 0.185. The van der Waals surface area contributed by atoms with Crippen LogP contribution in [0.25, 0.3) is 5.78 Å². The summed E-state index contributed by atoms with van der Waals surface area (Å²) >= 11 is 9.08. The van der Waals surface area contributed by atoms with Gasteiger partial charge in [0.2, 0.25) is 0 Å². The van der Waals surface area contributed by atoms with Crippen LogP contribution in [0.5, 0.6) is 5.75 Å². The van der Waals surface area contributed by atoms with Gasteiger partial charge in [0, 0.05) is 22.0 Å². The highest BCUT2D eigenvalue weighted by atomic mass is 79.9. The highest BCUT2D eigenvalue weighted by molar-refractivity contribution is 9.10. The number of alkyl halides is 3. The van der Waals surface area contributed by atoms with Crippen molar-refractivity contribution in [2.75, 3.05) is 0 Å². The van der Waals surface area contributed by atoms with Crippen molar-refractivity contribution in [2.45, 2.75) is 26.4 Å². The van der Waals surface area contributed by atoms with Crippen LogP contribution < -0.4 is 4.74 Å². The molecule has 27 heavy (non-hydrogen) atoms. The van der Waals surface area contributed by atoms with E-state index in [1.807, 2.05) is 0 Å². The Morgan fingerprint density at radius 2 is 2.00 bits per heavy atom. The highest BCUT2D eigenvalue weighted by Gasteiger charge is 2.37. The smallest absolute Gasteiger partial charge is 0.425 e. The van der Waals surface area contributed by atoms with Crippen molar-refractivity contribution in [3.05, 3.63) is 50.5 Å². The number of benzene rings is 1. The molecule has 0 amide bonds. The van der Waals surface area contributed by atoms with Gasteiger partial charge in [-0.05, 0) is 48.0 Å². The third-order valence-corrected chi connectivity index (χ3v) is 4.60. The predicted molar refractivity (Wildman–Crippen MR) is 93.7 cm³/mol. The molecule has 142 valence electrons. The van der Waals surface area contributed by atoms with E-state index in [4.69, 9.17) is 16.3 Å². The molecule has 0 spiro atoms. The van der Waals surface area contributed by atoms with Crippen LogP contribution in [0.1, 0.15) is 22.8 Å². The van der Waals surface area contributed by atoms with Crippen molar-refractivity contribution in [3.63, 3.8) is 0 Å². The second kappa shape index (κ2) is 7.08. The van der Waals surface area contributed by atoms with Gasteiger partial charge in [0.05, 0.1) is 10.9 Å². The Morgan fingerprint density at radius 3 is 2.63 bits per heavy atom. The molecule has 0 aliphatic heterocycles. The Labute approximate surface area is 164 Å². The molecule has 2 heterocycles. The zero-order valence-corrected chi connectivity index (χ0v) is 16.3. The first-order valence-electron chi connectivity index (χ1n) is 7.52. The lowest BCUT2D eigenvalue weighted by Crippen LogP contribution is -2.16. The second-order valence-electron chi connectivity index (χ2n) is 5.63. The van der Waals surface area contributed by atoms with Gasteiger partial charge >= 0.3 is 12.1 Å². The lowest BCUT2D eigenvalue weighted by atomic mass is 10.1. The van der Waals surface area contributed by atoms with Crippen LogP contribution in [0, 0.1) is 13.8 Å². The van der Waals surface area contributed by atoms with Crippen LogP contribution >= 0.6 is 27.5 Å². The molecule has 0 atom stereocenters. The molecule has 0 bridgehead atoms. The number of carbonyl (C=O) groups is 1. The second-order valence-corrected chi connectivity index (χ2v) is 6.92. The minimum Gasteiger partial charge on any atom is -0.425 e. The number of hydrogen-bond donors (Lipinski definition) is 0. The monoisotopic (exact) mass is 462 g/mol. The number of aromatic nitrogens is 4. The maximum atomic E-state index is 12.8. The molecule has 3 rings (SSSR count). The number of esters is 1. The summed E-state index contributed by atoms with van der Waals surface area (Å²) in [7, 11) is 0. The van der Waals surface area contributed by atoms with Crippen molar-refractivity contribution in [1.29, 1.82) is 0 Å². The van der Waals surface area contributed by atoms with Crippen LogP contribution in [0.4, 0.5) is 13.2 Å². The lowest BCUT2D eigenvalue weighted by molar-refractivity contribution is -0.144. The van der Waals surface area contributed by atoms with Gasteiger partial charge in [-0.2, -0.15) is 18.2 Å². The molecule has 2 aromatic heterocycles. The molecular weight excluding hydrogens is 453 g/mol. The van der Waals surface area contributed by atoms with Crippen molar-refractivity contribution in [2.24, 2.45) is 0 Å². The molecule has 0 saturated carbocycles. The normalized spacial score (nSPS) is 11.8. The fraction of sp³-hybridized carbons (Fsp3) is 0.250. The Balaban J connectivity index is 1.91. The van der Waals surface area contributed by atoms with Gasteiger partial charge in [-0.15, -0.1) is 5.10 Å². The van der Waals surface area contributed by atoms with Gasteiger partial charge in [0.15, 0.2) is 0 Å². The molecule has 0 unspecified atom stereocenters. The molecule has 11 heteroatoms. The number of ether oxygens (including phenoxy) is 1. The Morgan fingerprint density at radius 1 is 1.30 bits per heavy atom. The predicted octanol–water partition coefficient (Wildman–Crippen LogP) is 4.32. The SMILES string of the molecule is Cc1nc2nc(C(F)(F)F)nn2c(C)c1CC(=O)Oc1ccc(Cl)cc1Br. The molecule has 1 aromatic carbocycles. The zero-order valence-electron chi connectivity index (χ0n) is 13.9. The summed E-state index contributed by atoms with van der Waals surface area (Å²) < 4.78 is 45.2. The van der Waals surface area contributed by atoms with Crippen LogP contribution in [0.2, 0.25) is 5.02 Å². The fourth-order valence-corrected chi connectivity index (χ4v) is 3.21. The molecule has 3 aromatic rings. The van der Waals surface area contributed by atoms with Crippen LogP contribution in [0.15, 0.2) is 22.7 Å². The fourth-order valence-electron chi connectivity index (χ4n) is 2.45. The van der Waals surface area contributed by atoms with Gasteiger partial charge in [-0.3, -0.25) is 4.79 Å². The molecular formula is C16H11BrClF3N4O2. The van der Waals surface area contributed by atoms with Crippen molar-refractivity contribution >= 4 is 39.3 Å². The molecule has 0 aliphatic rings. The summed E-state index contributed by atoms with van der Waals surface area (Å²) in [5.41, 5.74) is 1.11. The summed E-state index contributed by atoms with van der Waals surface area (Å²) in [6.07, 6.45) is -4.88. The lowest BCUT2D eigenvalue weighted by Gasteiger charge is -2.11. The third kappa shape index (κ3) is 4.06. The van der Waals surface area contributed by atoms with Crippen LogP contribution in [-0.2, 0) is 17.4 Å². The van der Waals surface area contributed by atoms with E-state index in [0.717, 1.165) is 4.52 Å². The Hall–Kier alpha value is -2.20. The van der Waals surface area contributed by atoms with E-state index in [1.54, 1.807) is 19.1 Å². The highest BCUT2D eigenvalue weighted by Crippen LogP contribution is 2.29. The van der Waals surface area contributed by atoms with Crippen LogP contribution in [0.3, 0.4) is 0 Å².